The van der Waals surface area contributed by atoms with Crippen LogP contribution in [0.4, 0.5) is 0 Å². The molecule has 0 radical (unpaired) electrons. The van der Waals surface area contributed by atoms with E-state index in [2.05, 4.69) is 0 Å². The van der Waals surface area contributed by atoms with Gasteiger partial charge in [-0.15, -0.1) is 0 Å². The standard InChI is InChI=1S/C14H20O8S2/c1-23(15,16)19-9-12-13(10-20-24(2,17)18)22-14(21-12)8-11-6-4-3-5-7-11/h3-7,12-14H,8-10H2,1-2H3/t12-,13-/m1/s1. The van der Waals surface area contributed by atoms with E-state index in [1.807, 2.05) is 30.3 Å². The summed E-state index contributed by atoms with van der Waals surface area (Å²) in [5, 5.41) is 0. The normalized spacial score (nSPS) is 22.8. The Kier molecular flexibility index (Phi) is 6.34. The smallest absolute Gasteiger partial charge is 0.264 e. The Morgan fingerprint density at radius 3 is 1.75 bits per heavy atom. The molecule has 0 aliphatic carbocycles. The van der Waals surface area contributed by atoms with Gasteiger partial charge < -0.3 is 9.47 Å². The van der Waals surface area contributed by atoms with Crippen LogP contribution in [0, 0.1) is 0 Å². The van der Waals surface area contributed by atoms with Gasteiger partial charge in [-0.05, 0) is 5.56 Å². The van der Waals surface area contributed by atoms with Crippen LogP contribution in [0.2, 0.25) is 0 Å². The summed E-state index contributed by atoms with van der Waals surface area (Å²) in [7, 11) is -7.30. The first-order valence-electron chi connectivity index (χ1n) is 7.16. The van der Waals surface area contributed by atoms with Crippen molar-refractivity contribution in [2.75, 3.05) is 25.7 Å². The predicted molar refractivity (Wildman–Crippen MR) is 85.3 cm³/mol. The topological polar surface area (TPSA) is 105 Å². The maximum absolute atomic E-state index is 11.1. The number of ether oxygens (including phenoxy) is 2. The lowest BCUT2D eigenvalue weighted by Gasteiger charge is -2.15. The second-order valence-electron chi connectivity index (χ2n) is 5.45. The van der Waals surface area contributed by atoms with Crippen molar-refractivity contribution in [2.24, 2.45) is 0 Å². The lowest BCUT2D eigenvalue weighted by atomic mass is 10.1. The van der Waals surface area contributed by atoms with Gasteiger partial charge in [-0.2, -0.15) is 16.8 Å². The number of rotatable bonds is 8. The van der Waals surface area contributed by atoms with Crippen molar-refractivity contribution >= 4 is 20.2 Å². The van der Waals surface area contributed by atoms with Crippen molar-refractivity contribution in [1.82, 2.24) is 0 Å². The molecule has 1 saturated heterocycles. The molecule has 0 aromatic heterocycles. The second-order valence-corrected chi connectivity index (χ2v) is 8.73. The monoisotopic (exact) mass is 380 g/mol. The Morgan fingerprint density at radius 1 is 0.875 bits per heavy atom. The van der Waals surface area contributed by atoms with Crippen LogP contribution < -0.4 is 0 Å². The highest BCUT2D eigenvalue weighted by Gasteiger charge is 2.37. The molecule has 1 aromatic rings. The molecule has 0 bridgehead atoms. The van der Waals surface area contributed by atoms with Crippen molar-refractivity contribution in [1.29, 1.82) is 0 Å². The van der Waals surface area contributed by atoms with Crippen molar-refractivity contribution in [2.45, 2.75) is 24.9 Å². The van der Waals surface area contributed by atoms with Gasteiger partial charge in [0.05, 0.1) is 25.7 Å². The minimum absolute atomic E-state index is 0.276. The molecule has 0 N–H and O–H groups in total. The van der Waals surface area contributed by atoms with E-state index in [0.29, 0.717) is 6.42 Å². The maximum atomic E-state index is 11.1. The lowest BCUT2D eigenvalue weighted by molar-refractivity contribution is -0.0704. The fourth-order valence-electron chi connectivity index (χ4n) is 2.17. The van der Waals surface area contributed by atoms with Crippen molar-refractivity contribution < 1.29 is 34.7 Å². The Labute approximate surface area is 141 Å². The van der Waals surface area contributed by atoms with Crippen LogP contribution in [-0.2, 0) is 44.5 Å². The Bertz CT molecular complexity index is 685. The summed E-state index contributed by atoms with van der Waals surface area (Å²) < 4.78 is 65.3. The van der Waals surface area contributed by atoms with E-state index in [1.165, 1.54) is 0 Å². The van der Waals surface area contributed by atoms with Gasteiger partial charge in [-0.3, -0.25) is 8.37 Å². The third-order valence-corrected chi connectivity index (χ3v) is 4.33. The van der Waals surface area contributed by atoms with Crippen molar-refractivity contribution in [3.05, 3.63) is 35.9 Å². The second kappa shape index (κ2) is 7.89. The first kappa shape index (κ1) is 19.3. The molecule has 1 aliphatic heterocycles. The van der Waals surface area contributed by atoms with E-state index in [-0.39, 0.29) is 13.2 Å². The Balaban J connectivity index is 2.00. The summed E-state index contributed by atoms with van der Waals surface area (Å²) in [4.78, 5) is 0. The molecule has 2 rings (SSSR count). The van der Waals surface area contributed by atoms with Crippen LogP contribution in [0.3, 0.4) is 0 Å². The summed E-state index contributed by atoms with van der Waals surface area (Å²) in [5.74, 6) is 0. The zero-order valence-corrected chi connectivity index (χ0v) is 15.0. The third kappa shape index (κ3) is 6.83. The fraction of sp³-hybridized carbons (Fsp3) is 0.571. The number of benzene rings is 1. The molecule has 2 atom stereocenters. The van der Waals surface area contributed by atoms with Gasteiger partial charge in [0.25, 0.3) is 20.2 Å². The minimum Gasteiger partial charge on any atom is -0.344 e. The van der Waals surface area contributed by atoms with Crippen LogP contribution in [0.5, 0.6) is 0 Å². The Morgan fingerprint density at radius 2 is 1.33 bits per heavy atom. The molecule has 8 nitrogen and oxygen atoms in total. The van der Waals surface area contributed by atoms with Gasteiger partial charge in [-0.25, -0.2) is 0 Å². The quantitative estimate of drug-likeness (QED) is 0.593. The van der Waals surface area contributed by atoms with E-state index in [9.17, 15) is 16.8 Å². The molecule has 24 heavy (non-hydrogen) atoms. The van der Waals surface area contributed by atoms with Crippen LogP contribution in [0.15, 0.2) is 30.3 Å². The maximum Gasteiger partial charge on any atom is 0.264 e. The fourth-order valence-corrected chi connectivity index (χ4v) is 2.94. The van der Waals surface area contributed by atoms with Crippen LogP contribution in [-0.4, -0.2) is 61.1 Å². The highest BCUT2D eigenvalue weighted by atomic mass is 32.2. The molecule has 1 heterocycles. The van der Waals surface area contributed by atoms with Crippen LogP contribution >= 0.6 is 0 Å². The average Bonchev–Trinajstić information content (AvgIpc) is 2.85. The third-order valence-electron chi connectivity index (χ3n) is 3.21. The van der Waals surface area contributed by atoms with E-state index in [1.54, 1.807) is 0 Å². The van der Waals surface area contributed by atoms with Crippen molar-refractivity contribution in [3.63, 3.8) is 0 Å². The molecule has 0 saturated carbocycles. The highest BCUT2D eigenvalue weighted by molar-refractivity contribution is 7.86. The molecule has 0 unspecified atom stereocenters. The van der Waals surface area contributed by atoms with Crippen LogP contribution in [0.25, 0.3) is 0 Å². The van der Waals surface area contributed by atoms with Gasteiger partial charge in [0, 0.05) is 6.42 Å². The van der Waals surface area contributed by atoms with E-state index in [0.717, 1.165) is 18.1 Å². The number of hydrogen-bond donors (Lipinski definition) is 0. The Hall–Kier alpha value is -1.04. The van der Waals surface area contributed by atoms with Gasteiger partial charge in [0.15, 0.2) is 6.29 Å². The van der Waals surface area contributed by atoms with E-state index >= 15 is 0 Å². The van der Waals surface area contributed by atoms with Gasteiger partial charge in [-0.1, -0.05) is 30.3 Å². The summed E-state index contributed by atoms with van der Waals surface area (Å²) in [6.45, 7) is -0.552. The van der Waals surface area contributed by atoms with Gasteiger partial charge in [0.1, 0.15) is 12.2 Å². The minimum atomic E-state index is -3.65. The molecule has 1 fully saturated rings. The molecule has 10 heteroatoms. The number of hydrogen-bond acceptors (Lipinski definition) is 8. The predicted octanol–water partition coefficient (Wildman–Crippen LogP) is 0.292. The molecule has 1 aliphatic rings. The van der Waals surface area contributed by atoms with E-state index < -0.39 is 38.7 Å². The molecule has 136 valence electrons. The molecule has 1 aromatic carbocycles. The summed E-state index contributed by atoms with van der Waals surface area (Å²) in [5.41, 5.74) is 0.968. The average molecular weight is 380 g/mol. The zero-order chi connectivity index (χ0) is 17.8. The highest BCUT2D eigenvalue weighted by Crippen LogP contribution is 2.23. The summed E-state index contributed by atoms with van der Waals surface area (Å²) >= 11 is 0. The molecule has 0 amide bonds. The molecular weight excluding hydrogens is 360 g/mol. The molecule has 0 spiro atoms. The van der Waals surface area contributed by atoms with Crippen molar-refractivity contribution in [3.8, 4) is 0 Å². The summed E-state index contributed by atoms with van der Waals surface area (Å²) in [6, 6.07) is 9.42. The first-order valence-corrected chi connectivity index (χ1v) is 10.8. The summed E-state index contributed by atoms with van der Waals surface area (Å²) in [6.07, 6.45) is 0.128. The lowest BCUT2D eigenvalue weighted by Crippen LogP contribution is -2.33. The zero-order valence-electron chi connectivity index (χ0n) is 13.3. The molecular formula is C14H20O8S2. The van der Waals surface area contributed by atoms with E-state index in [4.69, 9.17) is 17.8 Å². The van der Waals surface area contributed by atoms with Crippen LogP contribution in [0.1, 0.15) is 5.56 Å². The SMILES string of the molecule is CS(=O)(=O)OC[C@H]1OC(Cc2ccccc2)O[C@@H]1COS(C)(=O)=O. The van der Waals surface area contributed by atoms with Gasteiger partial charge in [0.2, 0.25) is 0 Å². The first-order chi connectivity index (χ1) is 11.1. The largest absolute Gasteiger partial charge is 0.344 e. The van der Waals surface area contributed by atoms with Gasteiger partial charge >= 0.3 is 0 Å².